The first-order valence-electron chi connectivity index (χ1n) is 6.15. The van der Waals surface area contributed by atoms with Crippen LogP contribution in [0.25, 0.3) is 0 Å². The Morgan fingerprint density at radius 1 is 1.40 bits per heavy atom. The SMILES string of the molecule is C[C@@H](NCc1ccc(Cl)cc1[N+](=O)[O-])c1ccccn1. The van der Waals surface area contributed by atoms with Gasteiger partial charge in [-0.25, -0.2) is 0 Å². The molecule has 2 rings (SSSR count). The zero-order chi connectivity index (χ0) is 14.5. The average Bonchev–Trinajstić information content (AvgIpc) is 2.46. The molecule has 1 heterocycles. The van der Waals surface area contributed by atoms with Crippen LogP contribution in [0.1, 0.15) is 24.2 Å². The highest BCUT2D eigenvalue weighted by Gasteiger charge is 2.15. The van der Waals surface area contributed by atoms with Crippen molar-refractivity contribution >= 4 is 17.3 Å². The summed E-state index contributed by atoms with van der Waals surface area (Å²) in [5.41, 5.74) is 1.52. The fraction of sp³-hybridized carbons (Fsp3) is 0.214. The molecule has 0 saturated carbocycles. The molecule has 5 nitrogen and oxygen atoms in total. The van der Waals surface area contributed by atoms with Crippen molar-refractivity contribution in [1.29, 1.82) is 0 Å². The third kappa shape index (κ3) is 3.53. The lowest BCUT2D eigenvalue weighted by Gasteiger charge is -2.13. The van der Waals surface area contributed by atoms with Crippen molar-refractivity contribution in [2.75, 3.05) is 0 Å². The zero-order valence-electron chi connectivity index (χ0n) is 10.9. The summed E-state index contributed by atoms with van der Waals surface area (Å²) in [6.45, 7) is 2.34. The van der Waals surface area contributed by atoms with Crippen LogP contribution in [0.5, 0.6) is 0 Å². The molecule has 0 unspecified atom stereocenters. The minimum atomic E-state index is -0.422. The molecular formula is C14H14ClN3O2. The van der Waals surface area contributed by atoms with Crippen LogP contribution in [0.15, 0.2) is 42.6 Å². The van der Waals surface area contributed by atoms with Crippen LogP contribution in [0.3, 0.4) is 0 Å². The molecule has 2 aromatic rings. The summed E-state index contributed by atoms with van der Waals surface area (Å²) in [5.74, 6) is 0. The van der Waals surface area contributed by atoms with E-state index in [0.29, 0.717) is 17.1 Å². The Morgan fingerprint density at radius 2 is 2.20 bits per heavy atom. The lowest BCUT2D eigenvalue weighted by atomic mass is 10.1. The first kappa shape index (κ1) is 14.4. The Morgan fingerprint density at radius 3 is 2.85 bits per heavy atom. The summed E-state index contributed by atoms with van der Waals surface area (Å²) in [6.07, 6.45) is 1.72. The highest BCUT2D eigenvalue weighted by atomic mass is 35.5. The van der Waals surface area contributed by atoms with Crippen molar-refractivity contribution in [2.45, 2.75) is 19.5 Å². The molecule has 0 saturated heterocycles. The summed E-state index contributed by atoms with van der Waals surface area (Å²) < 4.78 is 0. The Hall–Kier alpha value is -1.98. The van der Waals surface area contributed by atoms with Crippen LogP contribution in [0, 0.1) is 10.1 Å². The van der Waals surface area contributed by atoms with E-state index in [1.54, 1.807) is 18.3 Å². The maximum absolute atomic E-state index is 11.0. The van der Waals surface area contributed by atoms with Gasteiger partial charge in [-0.1, -0.05) is 17.7 Å². The average molecular weight is 292 g/mol. The number of nitrogens with one attached hydrogen (secondary N) is 1. The van der Waals surface area contributed by atoms with Crippen LogP contribution in [0.4, 0.5) is 5.69 Å². The maximum atomic E-state index is 11.0. The molecule has 0 spiro atoms. The highest BCUT2D eigenvalue weighted by molar-refractivity contribution is 6.30. The smallest absolute Gasteiger partial charge is 0.275 e. The van der Waals surface area contributed by atoms with Gasteiger partial charge in [0.25, 0.3) is 5.69 Å². The number of hydrogen-bond donors (Lipinski definition) is 1. The van der Waals surface area contributed by atoms with Crippen LogP contribution >= 0.6 is 11.6 Å². The van der Waals surface area contributed by atoms with Gasteiger partial charge in [0.15, 0.2) is 0 Å². The lowest BCUT2D eigenvalue weighted by Crippen LogP contribution is -2.19. The van der Waals surface area contributed by atoms with E-state index in [0.717, 1.165) is 5.69 Å². The molecule has 1 aromatic heterocycles. The minimum absolute atomic E-state index is 0.00600. The van der Waals surface area contributed by atoms with Crippen LogP contribution in [0.2, 0.25) is 5.02 Å². The topological polar surface area (TPSA) is 68.1 Å². The number of pyridine rings is 1. The molecule has 0 amide bonds. The van der Waals surface area contributed by atoms with E-state index in [-0.39, 0.29) is 11.7 Å². The van der Waals surface area contributed by atoms with E-state index in [1.807, 2.05) is 25.1 Å². The molecule has 0 aliphatic heterocycles. The molecule has 0 bridgehead atoms. The van der Waals surface area contributed by atoms with Crippen molar-refractivity contribution in [3.8, 4) is 0 Å². The second kappa shape index (κ2) is 6.45. The zero-order valence-corrected chi connectivity index (χ0v) is 11.7. The minimum Gasteiger partial charge on any atom is -0.304 e. The first-order valence-corrected chi connectivity index (χ1v) is 6.53. The van der Waals surface area contributed by atoms with E-state index in [4.69, 9.17) is 11.6 Å². The molecule has 1 atom stereocenters. The fourth-order valence-corrected chi connectivity index (χ4v) is 2.02. The third-order valence-electron chi connectivity index (χ3n) is 2.97. The fourth-order valence-electron chi connectivity index (χ4n) is 1.86. The Bertz CT molecular complexity index is 605. The van der Waals surface area contributed by atoms with Gasteiger partial charge in [-0.2, -0.15) is 0 Å². The maximum Gasteiger partial charge on any atom is 0.275 e. The van der Waals surface area contributed by atoms with Gasteiger partial charge >= 0.3 is 0 Å². The van der Waals surface area contributed by atoms with E-state index < -0.39 is 4.92 Å². The second-order valence-electron chi connectivity index (χ2n) is 4.39. The Kier molecular flexibility index (Phi) is 4.65. The highest BCUT2D eigenvalue weighted by Crippen LogP contribution is 2.23. The van der Waals surface area contributed by atoms with Crippen molar-refractivity contribution in [1.82, 2.24) is 10.3 Å². The van der Waals surface area contributed by atoms with Crippen LogP contribution in [-0.2, 0) is 6.54 Å². The van der Waals surface area contributed by atoms with Crippen molar-refractivity contribution < 1.29 is 4.92 Å². The number of benzene rings is 1. The summed E-state index contributed by atoms with van der Waals surface area (Å²) in [7, 11) is 0. The molecule has 6 heteroatoms. The second-order valence-corrected chi connectivity index (χ2v) is 4.82. The van der Waals surface area contributed by atoms with Crippen molar-refractivity contribution in [2.24, 2.45) is 0 Å². The molecule has 1 N–H and O–H groups in total. The van der Waals surface area contributed by atoms with E-state index >= 15 is 0 Å². The molecule has 0 aliphatic carbocycles. The molecule has 20 heavy (non-hydrogen) atoms. The summed E-state index contributed by atoms with van der Waals surface area (Å²) >= 11 is 5.78. The predicted molar refractivity (Wildman–Crippen MR) is 77.6 cm³/mol. The Labute approximate surface area is 121 Å². The molecule has 0 fully saturated rings. The molecular weight excluding hydrogens is 278 g/mol. The predicted octanol–water partition coefficient (Wildman–Crippen LogP) is 3.49. The van der Waals surface area contributed by atoms with Gasteiger partial charge in [-0.15, -0.1) is 0 Å². The van der Waals surface area contributed by atoms with Crippen molar-refractivity contribution in [3.63, 3.8) is 0 Å². The van der Waals surface area contributed by atoms with E-state index in [2.05, 4.69) is 10.3 Å². The number of aromatic nitrogens is 1. The number of rotatable bonds is 5. The molecule has 104 valence electrons. The standard InChI is InChI=1S/C14H14ClN3O2/c1-10(13-4-2-3-7-16-13)17-9-11-5-6-12(15)8-14(11)18(19)20/h2-8,10,17H,9H2,1H3/t10-/m1/s1. The number of hydrogen-bond acceptors (Lipinski definition) is 4. The molecule has 0 radical (unpaired) electrons. The van der Waals surface area contributed by atoms with Gasteiger partial charge in [0.05, 0.1) is 10.6 Å². The number of nitrogens with zero attached hydrogens (tertiary/aromatic N) is 2. The third-order valence-corrected chi connectivity index (χ3v) is 3.21. The largest absolute Gasteiger partial charge is 0.304 e. The quantitative estimate of drug-likeness (QED) is 0.676. The normalized spacial score (nSPS) is 12.1. The first-order chi connectivity index (χ1) is 9.58. The van der Waals surface area contributed by atoms with Gasteiger partial charge in [0, 0.05) is 35.4 Å². The van der Waals surface area contributed by atoms with E-state index in [1.165, 1.54) is 6.07 Å². The van der Waals surface area contributed by atoms with Gasteiger partial charge < -0.3 is 5.32 Å². The summed E-state index contributed by atoms with van der Waals surface area (Å²) in [6, 6.07) is 10.4. The lowest BCUT2D eigenvalue weighted by molar-refractivity contribution is -0.385. The van der Waals surface area contributed by atoms with Gasteiger partial charge in [-0.05, 0) is 31.2 Å². The van der Waals surface area contributed by atoms with E-state index in [9.17, 15) is 10.1 Å². The summed E-state index contributed by atoms with van der Waals surface area (Å²) in [4.78, 5) is 14.8. The van der Waals surface area contributed by atoms with Gasteiger partial charge in [0.1, 0.15) is 0 Å². The van der Waals surface area contributed by atoms with Gasteiger partial charge in [-0.3, -0.25) is 15.1 Å². The number of nitro groups is 1. The molecule has 0 aliphatic rings. The van der Waals surface area contributed by atoms with Crippen LogP contribution < -0.4 is 5.32 Å². The molecule has 1 aromatic carbocycles. The summed E-state index contributed by atoms with van der Waals surface area (Å²) in [5, 5.41) is 14.6. The van der Waals surface area contributed by atoms with Gasteiger partial charge in [0.2, 0.25) is 0 Å². The van der Waals surface area contributed by atoms with Crippen molar-refractivity contribution in [3.05, 3.63) is 69.0 Å². The number of halogens is 1. The Balaban J connectivity index is 2.09. The van der Waals surface area contributed by atoms with Crippen LogP contribution in [-0.4, -0.2) is 9.91 Å². The monoisotopic (exact) mass is 291 g/mol. The number of nitro benzene ring substituents is 1.